The second-order valence-electron chi connectivity index (χ2n) is 7.12. The normalized spacial score (nSPS) is 23.8. The summed E-state index contributed by atoms with van der Waals surface area (Å²) >= 11 is 0. The van der Waals surface area contributed by atoms with Crippen LogP contribution >= 0.6 is 0 Å². The van der Waals surface area contributed by atoms with Crippen molar-refractivity contribution in [2.45, 2.75) is 71.8 Å². The minimum Gasteiger partial charge on any atom is -0.465 e. The molecule has 0 bridgehead atoms. The lowest BCUT2D eigenvalue weighted by atomic mass is 9.83. The molecule has 1 aliphatic carbocycles. The minimum atomic E-state index is -0.246. The number of Topliss-reactive ketones (excluding diaryl/α,β-unsaturated/α-hetero) is 1. The highest BCUT2D eigenvalue weighted by Crippen LogP contribution is 2.32. The molecule has 2 atom stereocenters. The monoisotopic (exact) mass is 335 g/mol. The molecule has 0 N–H and O–H groups in total. The molecule has 0 aromatic rings. The predicted octanol–water partition coefficient (Wildman–Crippen LogP) is 3.82. The van der Waals surface area contributed by atoms with Crippen LogP contribution in [-0.4, -0.2) is 30.2 Å². The first-order chi connectivity index (χ1) is 11.5. The van der Waals surface area contributed by atoms with Crippen LogP contribution in [0.1, 0.15) is 65.7 Å². The summed E-state index contributed by atoms with van der Waals surface area (Å²) in [5.41, 5.74) is 2.06. The maximum Gasteiger partial charge on any atom is 0.309 e. The van der Waals surface area contributed by atoms with Crippen LogP contribution in [0.4, 0.5) is 0 Å². The topological polar surface area (TPSA) is 65.0 Å². The fourth-order valence-electron chi connectivity index (χ4n) is 3.10. The van der Waals surface area contributed by atoms with E-state index in [9.17, 15) is 9.59 Å². The van der Waals surface area contributed by atoms with Crippen LogP contribution in [-0.2, 0) is 19.2 Å². The number of hydrogen-bond acceptors (Lipinski definition) is 5. The fourth-order valence-corrected chi connectivity index (χ4v) is 3.10. The SMILES string of the molecule is CCCCC1C(C2=CCC(=O)CC2)=NOC1CC(=O)OCC(C)C. The standard InChI is InChI=1S/C19H29NO4/c1-4-5-6-16-17(11-18(22)23-12-13(2)3)24-20-19(16)14-7-9-15(21)10-8-14/h7,13,16-17H,4-6,8-12H2,1-3H3. The number of nitrogens with zero attached hydrogens (tertiary/aromatic N) is 1. The number of carbonyl (C=O) groups is 2. The highest BCUT2D eigenvalue weighted by Gasteiger charge is 2.37. The molecule has 2 unspecified atom stereocenters. The maximum absolute atomic E-state index is 12.0. The Kier molecular flexibility index (Phi) is 7.00. The zero-order valence-electron chi connectivity index (χ0n) is 15.0. The number of oxime groups is 1. The Morgan fingerprint density at radius 3 is 2.83 bits per heavy atom. The smallest absolute Gasteiger partial charge is 0.309 e. The summed E-state index contributed by atoms with van der Waals surface area (Å²) < 4.78 is 5.28. The zero-order chi connectivity index (χ0) is 17.5. The Balaban J connectivity index is 1.99. The van der Waals surface area contributed by atoms with Gasteiger partial charge in [0.2, 0.25) is 0 Å². The van der Waals surface area contributed by atoms with E-state index in [0.29, 0.717) is 25.4 Å². The van der Waals surface area contributed by atoms with Crippen LogP contribution in [0.3, 0.4) is 0 Å². The third-order valence-electron chi connectivity index (χ3n) is 4.48. The van der Waals surface area contributed by atoms with Gasteiger partial charge in [-0.3, -0.25) is 9.59 Å². The van der Waals surface area contributed by atoms with E-state index < -0.39 is 0 Å². The number of hydrogen-bond donors (Lipinski definition) is 0. The van der Waals surface area contributed by atoms with E-state index in [2.05, 4.69) is 12.1 Å². The predicted molar refractivity (Wildman–Crippen MR) is 92.7 cm³/mol. The van der Waals surface area contributed by atoms with Crippen LogP contribution in [0.25, 0.3) is 0 Å². The molecule has 0 fully saturated rings. The van der Waals surface area contributed by atoms with Crippen molar-refractivity contribution in [1.82, 2.24) is 0 Å². The first kappa shape index (κ1) is 18.7. The summed E-state index contributed by atoms with van der Waals surface area (Å²) in [6, 6.07) is 0. The lowest BCUT2D eigenvalue weighted by Gasteiger charge is -2.20. The number of allylic oxidation sites excluding steroid dienone is 2. The zero-order valence-corrected chi connectivity index (χ0v) is 15.0. The Morgan fingerprint density at radius 1 is 1.42 bits per heavy atom. The van der Waals surface area contributed by atoms with Gasteiger partial charge in [0.05, 0.1) is 18.7 Å². The molecule has 5 heteroatoms. The second kappa shape index (κ2) is 9.00. The van der Waals surface area contributed by atoms with Crippen LogP contribution in [0.2, 0.25) is 0 Å². The van der Waals surface area contributed by atoms with E-state index in [1.165, 1.54) is 0 Å². The van der Waals surface area contributed by atoms with Gasteiger partial charge >= 0.3 is 5.97 Å². The molecule has 134 valence electrons. The van der Waals surface area contributed by atoms with Crippen molar-refractivity contribution in [3.8, 4) is 0 Å². The molecule has 2 rings (SSSR count). The summed E-state index contributed by atoms with van der Waals surface area (Å²) in [6.45, 7) is 6.62. The third kappa shape index (κ3) is 5.18. The molecule has 1 aliphatic heterocycles. The van der Waals surface area contributed by atoms with Gasteiger partial charge in [-0.15, -0.1) is 0 Å². The summed E-state index contributed by atoms with van der Waals surface area (Å²) in [6.07, 6.45) is 6.86. The van der Waals surface area contributed by atoms with Crippen molar-refractivity contribution in [3.63, 3.8) is 0 Å². The maximum atomic E-state index is 12.0. The Morgan fingerprint density at radius 2 is 2.21 bits per heavy atom. The van der Waals surface area contributed by atoms with Crippen molar-refractivity contribution < 1.29 is 19.2 Å². The van der Waals surface area contributed by atoms with E-state index in [1.807, 2.05) is 19.9 Å². The lowest BCUT2D eigenvalue weighted by Crippen LogP contribution is -2.28. The first-order valence-corrected chi connectivity index (χ1v) is 9.11. The van der Waals surface area contributed by atoms with Gasteiger partial charge in [-0.05, 0) is 24.3 Å². The van der Waals surface area contributed by atoms with Crippen molar-refractivity contribution >= 4 is 17.5 Å². The molecule has 0 aromatic carbocycles. The molecule has 0 saturated carbocycles. The Hall–Kier alpha value is -1.65. The van der Waals surface area contributed by atoms with Gasteiger partial charge in [-0.25, -0.2) is 0 Å². The average molecular weight is 335 g/mol. The average Bonchev–Trinajstić information content (AvgIpc) is 2.94. The molecule has 0 spiro atoms. The van der Waals surface area contributed by atoms with E-state index in [4.69, 9.17) is 9.57 Å². The van der Waals surface area contributed by atoms with Crippen LogP contribution in [0.15, 0.2) is 16.8 Å². The van der Waals surface area contributed by atoms with Crippen molar-refractivity contribution in [1.29, 1.82) is 0 Å². The summed E-state index contributed by atoms with van der Waals surface area (Å²) in [7, 11) is 0. The van der Waals surface area contributed by atoms with E-state index in [-0.39, 0.29) is 30.2 Å². The first-order valence-electron chi connectivity index (χ1n) is 9.11. The quantitative estimate of drug-likeness (QED) is 0.633. The van der Waals surface area contributed by atoms with Gasteiger partial charge in [0, 0.05) is 18.8 Å². The molecule has 1 heterocycles. The number of esters is 1. The number of rotatable bonds is 8. The molecule has 5 nitrogen and oxygen atoms in total. The van der Waals surface area contributed by atoms with Gasteiger partial charge in [0.15, 0.2) is 0 Å². The van der Waals surface area contributed by atoms with Crippen LogP contribution in [0.5, 0.6) is 0 Å². The molecule has 0 aromatic heterocycles. The van der Waals surface area contributed by atoms with Gasteiger partial charge < -0.3 is 9.57 Å². The minimum absolute atomic E-state index is 0.121. The van der Waals surface area contributed by atoms with E-state index in [0.717, 1.165) is 37.0 Å². The molecular weight excluding hydrogens is 306 g/mol. The summed E-state index contributed by atoms with van der Waals surface area (Å²) in [5, 5.41) is 4.28. The molecule has 0 amide bonds. The number of ketones is 1. The lowest BCUT2D eigenvalue weighted by molar-refractivity contribution is -0.148. The van der Waals surface area contributed by atoms with Crippen molar-refractivity contribution in [2.75, 3.05) is 6.61 Å². The van der Waals surface area contributed by atoms with Crippen molar-refractivity contribution in [3.05, 3.63) is 11.6 Å². The summed E-state index contributed by atoms with van der Waals surface area (Å²) in [4.78, 5) is 29.1. The number of carbonyl (C=O) groups excluding carboxylic acids is 2. The van der Waals surface area contributed by atoms with Crippen LogP contribution in [0, 0.1) is 11.8 Å². The van der Waals surface area contributed by atoms with E-state index in [1.54, 1.807) is 0 Å². The number of ether oxygens (including phenoxy) is 1. The van der Waals surface area contributed by atoms with Gasteiger partial charge in [-0.2, -0.15) is 0 Å². The highest BCUT2D eigenvalue weighted by atomic mass is 16.6. The van der Waals surface area contributed by atoms with Gasteiger partial charge in [0.1, 0.15) is 11.9 Å². The molecule has 24 heavy (non-hydrogen) atoms. The van der Waals surface area contributed by atoms with Crippen LogP contribution < -0.4 is 0 Å². The molecule has 2 aliphatic rings. The molecule has 0 saturated heterocycles. The van der Waals surface area contributed by atoms with Crippen molar-refractivity contribution in [2.24, 2.45) is 17.0 Å². The molecular formula is C19H29NO4. The van der Waals surface area contributed by atoms with E-state index >= 15 is 0 Å². The Bertz CT molecular complexity index is 521. The number of unbranched alkanes of at least 4 members (excludes halogenated alkanes) is 1. The highest BCUT2D eigenvalue weighted by molar-refractivity contribution is 6.04. The van der Waals surface area contributed by atoms with Gasteiger partial charge in [-0.1, -0.05) is 44.8 Å². The summed E-state index contributed by atoms with van der Waals surface area (Å²) in [5.74, 6) is 0.499. The second-order valence-corrected chi connectivity index (χ2v) is 7.12. The Labute approximate surface area is 144 Å². The third-order valence-corrected chi connectivity index (χ3v) is 4.48. The largest absolute Gasteiger partial charge is 0.465 e. The molecule has 0 radical (unpaired) electrons. The van der Waals surface area contributed by atoms with Gasteiger partial charge in [0.25, 0.3) is 0 Å². The fraction of sp³-hybridized carbons (Fsp3) is 0.737.